The zero-order chi connectivity index (χ0) is 14.4. The lowest BCUT2D eigenvalue weighted by atomic mass is 10.2. The molecule has 0 saturated carbocycles. The van der Waals surface area contributed by atoms with Gasteiger partial charge in [0, 0.05) is 17.4 Å². The lowest BCUT2D eigenvalue weighted by molar-refractivity contribution is 0.289. The fourth-order valence-electron chi connectivity index (χ4n) is 1.65. The van der Waals surface area contributed by atoms with Crippen molar-refractivity contribution in [3.8, 4) is 17.1 Å². The summed E-state index contributed by atoms with van der Waals surface area (Å²) in [4.78, 5) is 4.37. The van der Waals surface area contributed by atoms with Crippen molar-refractivity contribution in [3.63, 3.8) is 0 Å². The van der Waals surface area contributed by atoms with Crippen LogP contribution >= 0.6 is 11.8 Å². The topological polar surface area (TPSA) is 68.4 Å². The Balaban J connectivity index is 1.97. The minimum atomic E-state index is 0.203. The van der Waals surface area contributed by atoms with Gasteiger partial charge in [-0.2, -0.15) is 4.98 Å². The third-order valence-electron chi connectivity index (χ3n) is 2.84. The minimum Gasteiger partial charge on any atom is -0.497 e. The van der Waals surface area contributed by atoms with Crippen molar-refractivity contribution in [1.82, 2.24) is 10.1 Å². The lowest BCUT2D eigenvalue weighted by Crippen LogP contribution is -1.99. The molecule has 0 bridgehead atoms. The number of hydrogen-bond donors (Lipinski definition) is 1. The SMILES string of the molecule is COc1ccc(-c2noc(CSC(C)CCO)n2)cc1. The summed E-state index contributed by atoms with van der Waals surface area (Å²) in [5.41, 5.74) is 0.897. The van der Waals surface area contributed by atoms with Crippen LogP contribution in [0.2, 0.25) is 0 Å². The van der Waals surface area contributed by atoms with E-state index in [0.717, 1.165) is 17.7 Å². The number of hydrogen-bond acceptors (Lipinski definition) is 6. The molecule has 0 fully saturated rings. The predicted molar refractivity (Wildman–Crippen MR) is 78.7 cm³/mol. The molecule has 0 saturated heterocycles. The number of benzene rings is 1. The van der Waals surface area contributed by atoms with E-state index in [1.807, 2.05) is 24.3 Å². The molecule has 2 rings (SSSR count). The number of thioether (sulfide) groups is 1. The van der Waals surface area contributed by atoms with E-state index in [2.05, 4.69) is 17.1 Å². The van der Waals surface area contributed by atoms with E-state index in [9.17, 15) is 0 Å². The molecule has 20 heavy (non-hydrogen) atoms. The number of rotatable bonds is 7. The number of nitrogens with zero attached hydrogens (tertiary/aromatic N) is 2. The molecule has 0 spiro atoms. The maximum Gasteiger partial charge on any atom is 0.236 e. The zero-order valence-electron chi connectivity index (χ0n) is 11.6. The molecule has 0 amide bonds. The minimum absolute atomic E-state index is 0.203. The zero-order valence-corrected chi connectivity index (χ0v) is 12.4. The Labute approximate surface area is 122 Å². The van der Waals surface area contributed by atoms with Crippen LogP contribution in [0, 0.1) is 0 Å². The molecule has 1 aromatic carbocycles. The van der Waals surface area contributed by atoms with Crippen molar-refractivity contribution in [3.05, 3.63) is 30.2 Å². The van der Waals surface area contributed by atoms with Gasteiger partial charge in [-0.3, -0.25) is 0 Å². The Morgan fingerprint density at radius 1 is 1.35 bits per heavy atom. The van der Waals surface area contributed by atoms with E-state index in [0.29, 0.717) is 22.7 Å². The quantitative estimate of drug-likeness (QED) is 0.847. The molecule has 0 aliphatic carbocycles. The largest absolute Gasteiger partial charge is 0.497 e. The van der Waals surface area contributed by atoms with Crippen molar-refractivity contribution in [2.24, 2.45) is 0 Å². The summed E-state index contributed by atoms with van der Waals surface area (Å²) in [6.07, 6.45) is 0.768. The smallest absolute Gasteiger partial charge is 0.236 e. The molecule has 1 atom stereocenters. The highest BCUT2D eigenvalue weighted by Crippen LogP contribution is 2.22. The van der Waals surface area contributed by atoms with Crippen LogP contribution < -0.4 is 4.74 Å². The number of aromatic nitrogens is 2. The van der Waals surface area contributed by atoms with Gasteiger partial charge in [0.2, 0.25) is 11.7 Å². The third kappa shape index (κ3) is 3.98. The standard InChI is InChI=1S/C14H18N2O3S/c1-10(7-8-17)20-9-13-15-14(16-19-13)11-3-5-12(18-2)6-4-11/h3-6,10,17H,7-9H2,1-2H3. The average Bonchev–Trinajstić information content (AvgIpc) is 2.94. The normalized spacial score (nSPS) is 12.3. The van der Waals surface area contributed by atoms with Crippen LogP contribution in [0.3, 0.4) is 0 Å². The Kier molecular flexibility index (Phi) is 5.43. The van der Waals surface area contributed by atoms with Gasteiger partial charge in [0.1, 0.15) is 5.75 Å². The van der Waals surface area contributed by atoms with E-state index in [1.165, 1.54) is 0 Å². The highest BCUT2D eigenvalue weighted by molar-refractivity contribution is 7.99. The predicted octanol–water partition coefficient (Wildman–Crippen LogP) is 2.75. The summed E-state index contributed by atoms with van der Waals surface area (Å²) >= 11 is 1.69. The van der Waals surface area contributed by atoms with Gasteiger partial charge in [-0.15, -0.1) is 11.8 Å². The van der Waals surface area contributed by atoms with Gasteiger partial charge in [0.25, 0.3) is 0 Å². The first-order chi connectivity index (χ1) is 9.72. The van der Waals surface area contributed by atoms with E-state index in [1.54, 1.807) is 18.9 Å². The molecule has 108 valence electrons. The van der Waals surface area contributed by atoms with Crippen molar-refractivity contribution in [2.45, 2.75) is 24.3 Å². The molecule has 0 aliphatic rings. The van der Waals surface area contributed by atoms with Gasteiger partial charge in [0.15, 0.2) is 0 Å². The highest BCUT2D eigenvalue weighted by atomic mass is 32.2. The monoisotopic (exact) mass is 294 g/mol. The van der Waals surface area contributed by atoms with Gasteiger partial charge < -0.3 is 14.4 Å². The summed E-state index contributed by atoms with van der Waals surface area (Å²) in [7, 11) is 1.63. The van der Waals surface area contributed by atoms with E-state index >= 15 is 0 Å². The molecule has 1 unspecified atom stereocenters. The van der Waals surface area contributed by atoms with Gasteiger partial charge in [-0.25, -0.2) is 0 Å². The maximum absolute atomic E-state index is 8.85. The molecule has 5 nitrogen and oxygen atoms in total. The molecule has 0 aliphatic heterocycles. The van der Waals surface area contributed by atoms with Crippen molar-refractivity contribution in [1.29, 1.82) is 0 Å². The molecule has 2 aromatic rings. The first-order valence-corrected chi connectivity index (χ1v) is 7.47. The second kappa shape index (κ2) is 7.31. The fourth-order valence-corrected chi connectivity index (χ4v) is 2.47. The van der Waals surface area contributed by atoms with Gasteiger partial charge in [-0.05, 0) is 30.7 Å². The van der Waals surface area contributed by atoms with Crippen LogP contribution in [0.5, 0.6) is 5.75 Å². The van der Waals surface area contributed by atoms with Crippen molar-refractivity contribution in [2.75, 3.05) is 13.7 Å². The lowest BCUT2D eigenvalue weighted by Gasteiger charge is -2.06. The second-order valence-electron chi connectivity index (χ2n) is 4.37. The van der Waals surface area contributed by atoms with Crippen molar-refractivity contribution < 1.29 is 14.4 Å². The number of aliphatic hydroxyl groups is 1. The fraction of sp³-hybridized carbons (Fsp3) is 0.429. The summed E-state index contributed by atoms with van der Waals surface area (Å²) in [6, 6.07) is 7.52. The number of methoxy groups -OCH3 is 1. The Morgan fingerprint density at radius 2 is 2.10 bits per heavy atom. The van der Waals surface area contributed by atoms with E-state index in [4.69, 9.17) is 14.4 Å². The van der Waals surface area contributed by atoms with Crippen LogP contribution in [-0.4, -0.2) is 34.2 Å². The van der Waals surface area contributed by atoms with Crippen LogP contribution in [0.4, 0.5) is 0 Å². The van der Waals surface area contributed by atoms with Gasteiger partial charge >= 0.3 is 0 Å². The van der Waals surface area contributed by atoms with Crippen molar-refractivity contribution >= 4 is 11.8 Å². The first kappa shape index (κ1) is 14.9. The molecule has 1 N–H and O–H groups in total. The summed E-state index contributed by atoms with van der Waals surface area (Å²) in [5, 5.41) is 13.2. The van der Waals surface area contributed by atoms with E-state index < -0.39 is 0 Å². The Morgan fingerprint density at radius 3 is 2.75 bits per heavy atom. The molecular formula is C14H18N2O3S. The average molecular weight is 294 g/mol. The summed E-state index contributed by atoms with van der Waals surface area (Å²) < 4.78 is 10.3. The van der Waals surface area contributed by atoms with Crippen LogP contribution in [0.15, 0.2) is 28.8 Å². The molecule has 1 heterocycles. The van der Waals surface area contributed by atoms with E-state index in [-0.39, 0.29) is 6.61 Å². The molecule has 0 radical (unpaired) electrons. The summed E-state index contributed by atoms with van der Waals surface area (Å²) in [6.45, 7) is 2.27. The van der Waals surface area contributed by atoms with Crippen LogP contribution in [0.1, 0.15) is 19.2 Å². The first-order valence-electron chi connectivity index (χ1n) is 6.42. The van der Waals surface area contributed by atoms with Gasteiger partial charge in [-0.1, -0.05) is 12.1 Å². The summed E-state index contributed by atoms with van der Waals surface area (Å²) in [5.74, 6) is 2.64. The maximum atomic E-state index is 8.85. The number of ether oxygens (including phenoxy) is 1. The molecule has 6 heteroatoms. The Bertz CT molecular complexity index is 527. The molecular weight excluding hydrogens is 276 g/mol. The second-order valence-corrected chi connectivity index (χ2v) is 5.80. The van der Waals surface area contributed by atoms with Gasteiger partial charge in [0.05, 0.1) is 12.9 Å². The van der Waals surface area contributed by atoms with Crippen LogP contribution in [0.25, 0.3) is 11.4 Å². The highest BCUT2D eigenvalue weighted by Gasteiger charge is 2.10. The van der Waals surface area contributed by atoms with Crippen LogP contribution in [-0.2, 0) is 5.75 Å². The number of aliphatic hydroxyl groups excluding tert-OH is 1. The Hall–Kier alpha value is -1.53. The molecule has 1 aromatic heterocycles. The third-order valence-corrected chi connectivity index (χ3v) is 4.06.